The summed E-state index contributed by atoms with van der Waals surface area (Å²) in [5.74, 6) is -3.43. The van der Waals surface area contributed by atoms with Gasteiger partial charge in [-0.05, 0) is 73.1 Å². The first kappa shape index (κ1) is 34.8. The molecule has 0 spiro atoms. The summed E-state index contributed by atoms with van der Waals surface area (Å²) in [7, 11) is 0. The highest BCUT2D eigenvalue weighted by atomic mass is 35.5. The molecule has 0 saturated heterocycles. The lowest BCUT2D eigenvalue weighted by molar-refractivity contribution is -0.172. The van der Waals surface area contributed by atoms with Crippen molar-refractivity contribution in [2.75, 3.05) is 31.6 Å². The van der Waals surface area contributed by atoms with E-state index in [1.807, 2.05) is 37.3 Å². The number of amides is 1. The summed E-state index contributed by atoms with van der Waals surface area (Å²) in [6, 6.07) is 20.6. The number of benzene rings is 3. The Hall–Kier alpha value is -3.66. The van der Waals surface area contributed by atoms with Crippen molar-refractivity contribution in [2.24, 2.45) is 0 Å². The van der Waals surface area contributed by atoms with Crippen molar-refractivity contribution in [3.63, 3.8) is 0 Å². The van der Waals surface area contributed by atoms with E-state index >= 15 is 0 Å². The second-order valence-electron chi connectivity index (χ2n) is 10.8. The topological polar surface area (TPSA) is 134 Å². The third kappa shape index (κ3) is 12.1. The van der Waals surface area contributed by atoms with Crippen molar-refractivity contribution in [1.82, 2.24) is 5.32 Å². The smallest absolute Gasteiger partial charge is 0.336 e. The van der Waals surface area contributed by atoms with Crippen LogP contribution in [0.25, 0.3) is 10.8 Å². The minimum absolute atomic E-state index is 0.103. The van der Waals surface area contributed by atoms with Crippen LogP contribution < -0.4 is 10.6 Å². The minimum atomic E-state index is -1.74. The number of hydrogen-bond donors (Lipinski definition) is 4. The maximum Gasteiger partial charge on any atom is 0.336 e. The predicted molar refractivity (Wildman–Crippen MR) is 172 cm³/mol. The van der Waals surface area contributed by atoms with Crippen LogP contribution >= 0.6 is 11.6 Å². The predicted octanol–water partition coefficient (Wildman–Crippen LogP) is 6.24. The maximum atomic E-state index is 12.9. The number of hydrogen-bond acceptors (Lipinski definition) is 6. The zero-order valence-electron chi connectivity index (χ0n) is 25.2. The van der Waals surface area contributed by atoms with Gasteiger partial charge in [0.05, 0.1) is 0 Å². The summed E-state index contributed by atoms with van der Waals surface area (Å²) in [6.45, 7) is 2.16. The zero-order chi connectivity index (χ0) is 31.7. The molecule has 0 aliphatic rings. The number of fused-ring (bicyclic) bond motifs is 1. The van der Waals surface area contributed by atoms with Crippen molar-refractivity contribution in [1.29, 1.82) is 0 Å². The van der Waals surface area contributed by atoms with Crippen LogP contribution in [0.4, 0.5) is 5.69 Å². The lowest BCUT2D eigenvalue weighted by Crippen LogP contribution is -2.49. The SMILES string of the molecule is Cc1ccc(NCCCCOC(C(=O)NCCCCCCCc2ccc3ccccc3c2)C(OCC(=O)O)C(=O)O)cc1Cl. The molecule has 3 aromatic carbocycles. The van der Waals surface area contributed by atoms with E-state index in [-0.39, 0.29) is 6.61 Å². The summed E-state index contributed by atoms with van der Waals surface area (Å²) < 4.78 is 10.7. The summed E-state index contributed by atoms with van der Waals surface area (Å²) >= 11 is 6.16. The molecule has 0 fully saturated rings. The Kier molecular flexibility index (Phi) is 14.9. The van der Waals surface area contributed by atoms with Gasteiger partial charge in [-0.2, -0.15) is 0 Å². The van der Waals surface area contributed by atoms with Crippen molar-refractivity contribution < 1.29 is 34.1 Å². The molecular formula is C34H43ClN2O7. The fraction of sp³-hybridized carbons (Fsp3) is 0.441. The van der Waals surface area contributed by atoms with E-state index in [1.165, 1.54) is 16.3 Å². The van der Waals surface area contributed by atoms with Crippen LogP contribution in [0, 0.1) is 6.92 Å². The number of ether oxygens (including phenoxy) is 2. The van der Waals surface area contributed by atoms with E-state index in [9.17, 15) is 19.5 Å². The zero-order valence-corrected chi connectivity index (χ0v) is 26.0. The quantitative estimate of drug-likeness (QED) is 0.102. The molecule has 3 rings (SSSR count). The third-order valence-corrected chi connectivity index (χ3v) is 7.70. The van der Waals surface area contributed by atoms with Gasteiger partial charge >= 0.3 is 11.9 Å². The van der Waals surface area contributed by atoms with E-state index in [0.717, 1.165) is 49.8 Å². The Morgan fingerprint density at radius 1 is 0.795 bits per heavy atom. The molecule has 4 N–H and O–H groups in total. The molecule has 0 aliphatic heterocycles. The first-order chi connectivity index (χ1) is 21.2. The molecule has 0 heterocycles. The number of carbonyl (C=O) groups is 3. The largest absolute Gasteiger partial charge is 0.480 e. The second kappa shape index (κ2) is 18.9. The molecule has 3 aromatic rings. The third-order valence-electron chi connectivity index (χ3n) is 7.29. The van der Waals surface area contributed by atoms with Crippen LogP contribution in [0.15, 0.2) is 60.7 Å². The second-order valence-corrected chi connectivity index (χ2v) is 11.3. The number of unbranched alkanes of at least 4 members (excludes halogenated alkanes) is 5. The van der Waals surface area contributed by atoms with Crippen LogP contribution in [-0.4, -0.2) is 66.6 Å². The average Bonchev–Trinajstić information content (AvgIpc) is 3.00. The minimum Gasteiger partial charge on any atom is -0.480 e. The van der Waals surface area contributed by atoms with Crippen LogP contribution in [0.3, 0.4) is 0 Å². The highest BCUT2D eigenvalue weighted by Gasteiger charge is 2.36. The van der Waals surface area contributed by atoms with Gasteiger partial charge in [0.1, 0.15) is 6.61 Å². The van der Waals surface area contributed by atoms with Crippen LogP contribution in [0.5, 0.6) is 0 Å². The molecule has 1 amide bonds. The summed E-state index contributed by atoms with van der Waals surface area (Å²) in [4.78, 5) is 35.8. The molecule has 0 radical (unpaired) electrons. The molecule has 10 heteroatoms. The number of halogens is 1. The Morgan fingerprint density at radius 2 is 1.52 bits per heavy atom. The standard InChI is InChI=1S/C34H43ClN2O7/c1-24-14-17-28(22-29(24)35)36-18-9-10-20-43-31(32(34(41)42)44-23-30(38)39)33(40)37-19-8-4-2-3-5-11-25-15-16-26-12-6-7-13-27(26)21-25/h6-7,12-17,21-22,31-32,36H,2-5,8-11,18-20,23H2,1H3,(H,37,40)(H,38,39)(H,41,42). The molecule has 2 atom stereocenters. The number of nitrogens with one attached hydrogen (secondary N) is 2. The molecule has 0 aromatic heterocycles. The first-order valence-electron chi connectivity index (χ1n) is 15.2. The fourth-order valence-electron chi connectivity index (χ4n) is 4.81. The normalized spacial score (nSPS) is 12.5. The van der Waals surface area contributed by atoms with E-state index < -0.39 is 36.7 Å². The molecule has 0 aliphatic carbocycles. The monoisotopic (exact) mass is 626 g/mol. The fourth-order valence-corrected chi connectivity index (χ4v) is 4.99. The first-order valence-corrected chi connectivity index (χ1v) is 15.6. The van der Waals surface area contributed by atoms with Crippen molar-refractivity contribution in [3.05, 3.63) is 76.8 Å². The highest BCUT2D eigenvalue weighted by molar-refractivity contribution is 6.31. The van der Waals surface area contributed by atoms with Gasteiger partial charge in [-0.15, -0.1) is 0 Å². The number of aliphatic carboxylic acids is 2. The molecule has 0 bridgehead atoms. The van der Waals surface area contributed by atoms with E-state index in [0.29, 0.717) is 31.0 Å². The van der Waals surface area contributed by atoms with Gasteiger partial charge in [0.15, 0.2) is 12.2 Å². The lowest BCUT2D eigenvalue weighted by atomic mass is 10.0. The molecule has 9 nitrogen and oxygen atoms in total. The van der Waals surface area contributed by atoms with Gasteiger partial charge in [-0.3, -0.25) is 4.79 Å². The van der Waals surface area contributed by atoms with Gasteiger partial charge in [0, 0.05) is 30.4 Å². The number of rotatable bonds is 21. The van der Waals surface area contributed by atoms with E-state index in [4.69, 9.17) is 26.2 Å². The number of carbonyl (C=O) groups excluding carboxylic acids is 1. The Balaban J connectivity index is 1.37. The Labute approximate surface area is 263 Å². The number of carboxylic acid groups (broad SMARTS) is 2. The molecule has 2 unspecified atom stereocenters. The van der Waals surface area contributed by atoms with Gasteiger partial charge in [-0.25, -0.2) is 9.59 Å². The van der Waals surface area contributed by atoms with Crippen LogP contribution in [-0.2, 0) is 30.3 Å². The van der Waals surface area contributed by atoms with Gasteiger partial charge in [0.25, 0.3) is 5.91 Å². The Morgan fingerprint density at radius 3 is 2.27 bits per heavy atom. The average molecular weight is 627 g/mol. The number of carboxylic acids is 2. The van der Waals surface area contributed by atoms with Crippen molar-refractivity contribution in [2.45, 2.75) is 70.5 Å². The van der Waals surface area contributed by atoms with E-state index in [1.54, 1.807) is 0 Å². The van der Waals surface area contributed by atoms with Gasteiger partial charge in [-0.1, -0.05) is 79.4 Å². The highest BCUT2D eigenvalue weighted by Crippen LogP contribution is 2.20. The van der Waals surface area contributed by atoms with Crippen molar-refractivity contribution in [3.8, 4) is 0 Å². The summed E-state index contributed by atoms with van der Waals surface area (Å²) in [6.07, 6.45) is 3.85. The molecule has 238 valence electrons. The summed E-state index contributed by atoms with van der Waals surface area (Å²) in [5, 5.41) is 27.8. The number of aryl methyl sites for hydroxylation is 2. The number of anilines is 1. The van der Waals surface area contributed by atoms with Gasteiger partial charge in [0.2, 0.25) is 0 Å². The Bertz CT molecular complexity index is 1370. The van der Waals surface area contributed by atoms with Crippen molar-refractivity contribution >= 4 is 45.9 Å². The van der Waals surface area contributed by atoms with E-state index in [2.05, 4.69) is 41.0 Å². The maximum absolute atomic E-state index is 12.9. The van der Waals surface area contributed by atoms with Gasteiger partial charge < -0.3 is 30.3 Å². The molecule has 0 saturated carbocycles. The molecular weight excluding hydrogens is 584 g/mol. The van der Waals surface area contributed by atoms with Crippen LogP contribution in [0.2, 0.25) is 5.02 Å². The summed E-state index contributed by atoms with van der Waals surface area (Å²) in [5.41, 5.74) is 3.20. The lowest BCUT2D eigenvalue weighted by Gasteiger charge is -2.23. The molecule has 44 heavy (non-hydrogen) atoms. The van der Waals surface area contributed by atoms with Crippen LogP contribution in [0.1, 0.15) is 56.1 Å².